The Balaban J connectivity index is 1.41. The van der Waals surface area contributed by atoms with E-state index in [1.165, 1.54) is 23.5 Å². The number of hydrogen-bond donors (Lipinski definition) is 3. The molecular formula is C22H18F3N5OS. The molecule has 2 aromatic carbocycles. The first-order chi connectivity index (χ1) is 15.2. The summed E-state index contributed by atoms with van der Waals surface area (Å²) in [5.74, 6) is -0.0636. The van der Waals surface area contributed by atoms with Crippen molar-refractivity contribution in [2.24, 2.45) is 5.73 Å². The van der Waals surface area contributed by atoms with Crippen molar-refractivity contribution in [3.63, 3.8) is 0 Å². The molecule has 0 saturated heterocycles. The van der Waals surface area contributed by atoms with Crippen LogP contribution in [0.1, 0.15) is 22.4 Å². The second-order valence-corrected chi connectivity index (χ2v) is 8.44. The van der Waals surface area contributed by atoms with E-state index in [0.717, 1.165) is 28.9 Å². The van der Waals surface area contributed by atoms with E-state index in [4.69, 9.17) is 5.73 Å². The number of hydrogen-bond acceptors (Lipinski definition) is 6. The molecule has 10 heteroatoms. The summed E-state index contributed by atoms with van der Waals surface area (Å²) in [5.41, 5.74) is 8.85. The quantitative estimate of drug-likeness (QED) is 0.515. The SMILES string of the molecule is N#Cc1nc(NCC(N)Cc2ccc(C(F)(F)F)cc2)sc1-c1ccc2c(c1)CC(=O)N2. The summed E-state index contributed by atoms with van der Waals surface area (Å²) in [6, 6.07) is 12.2. The summed E-state index contributed by atoms with van der Waals surface area (Å²) in [7, 11) is 0. The third kappa shape index (κ3) is 4.74. The lowest BCUT2D eigenvalue weighted by Gasteiger charge is -2.13. The molecule has 1 aliphatic rings. The summed E-state index contributed by atoms with van der Waals surface area (Å²) in [6.45, 7) is 0.335. The third-order valence-corrected chi connectivity index (χ3v) is 6.08. The summed E-state index contributed by atoms with van der Waals surface area (Å²) in [5, 5.41) is 15.9. The molecule has 0 radical (unpaired) electrons. The molecule has 1 unspecified atom stereocenters. The molecule has 4 N–H and O–H groups in total. The van der Waals surface area contributed by atoms with Crippen LogP contribution in [-0.2, 0) is 23.8 Å². The zero-order chi connectivity index (χ0) is 22.9. The van der Waals surface area contributed by atoms with Gasteiger partial charge in [0.1, 0.15) is 6.07 Å². The first-order valence-corrected chi connectivity index (χ1v) is 10.5. The number of nitrogens with two attached hydrogens (primary N) is 1. The first-order valence-electron chi connectivity index (χ1n) is 9.72. The van der Waals surface area contributed by atoms with E-state index in [0.29, 0.717) is 35.0 Å². The number of fused-ring (bicyclic) bond motifs is 1. The van der Waals surface area contributed by atoms with Gasteiger partial charge >= 0.3 is 6.18 Å². The number of carbonyl (C=O) groups excluding carboxylic acids is 1. The molecule has 0 spiro atoms. The lowest BCUT2D eigenvalue weighted by atomic mass is 10.0. The normalized spacial score (nSPS) is 13.9. The molecular weight excluding hydrogens is 439 g/mol. The van der Waals surface area contributed by atoms with Gasteiger partial charge in [0.05, 0.1) is 16.9 Å². The van der Waals surface area contributed by atoms with E-state index in [-0.39, 0.29) is 17.6 Å². The van der Waals surface area contributed by atoms with E-state index in [1.54, 1.807) is 0 Å². The van der Waals surface area contributed by atoms with Gasteiger partial charge in [-0.2, -0.15) is 18.4 Å². The zero-order valence-electron chi connectivity index (χ0n) is 16.7. The molecule has 3 aromatic rings. The number of aromatic nitrogens is 1. The van der Waals surface area contributed by atoms with E-state index in [1.807, 2.05) is 18.2 Å². The largest absolute Gasteiger partial charge is 0.416 e. The molecule has 32 heavy (non-hydrogen) atoms. The molecule has 0 saturated carbocycles. The van der Waals surface area contributed by atoms with Crippen LogP contribution < -0.4 is 16.4 Å². The molecule has 1 atom stereocenters. The third-order valence-electron chi connectivity index (χ3n) is 5.02. The summed E-state index contributed by atoms with van der Waals surface area (Å²) in [4.78, 5) is 16.6. The van der Waals surface area contributed by atoms with Crippen LogP contribution in [0.25, 0.3) is 10.4 Å². The van der Waals surface area contributed by atoms with Crippen molar-refractivity contribution < 1.29 is 18.0 Å². The molecule has 6 nitrogen and oxygen atoms in total. The molecule has 1 amide bonds. The number of nitriles is 1. The van der Waals surface area contributed by atoms with Gasteiger partial charge in [-0.3, -0.25) is 4.79 Å². The fraction of sp³-hybridized carbons (Fsp3) is 0.227. The summed E-state index contributed by atoms with van der Waals surface area (Å²) < 4.78 is 38.0. The number of halogens is 3. The molecule has 0 bridgehead atoms. The molecule has 2 heterocycles. The van der Waals surface area contributed by atoms with Crippen LogP contribution >= 0.6 is 11.3 Å². The number of rotatable bonds is 6. The van der Waals surface area contributed by atoms with Crippen molar-refractivity contribution in [1.82, 2.24) is 4.98 Å². The Bertz CT molecular complexity index is 1200. The van der Waals surface area contributed by atoms with Crippen LogP contribution in [0.5, 0.6) is 0 Å². The first kappa shape index (κ1) is 21.8. The summed E-state index contributed by atoms with van der Waals surface area (Å²) in [6.07, 6.45) is -3.68. The van der Waals surface area contributed by atoms with Gasteiger partial charge in [-0.05, 0) is 47.4 Å². The van der Waals surface area contributed by atoms with Crippen LogP contribution in [0.2, 0.25) is 0 Å². The second-order valence-electron chi connectivity index (χ2n) is 7.45. The average molecular weight is 457 g/mol. The summed E-state index contributed by atoms with van der Waals surface area (Å²) >= 11 is 1.31. The van der Waals surface area contributed by atoms with Crippen LogP contribution in [0, 0.1) is 11.3 Å². The van der Waals surface area contributed by atoms with Gasteiger partial charge in [-0.1, -0.05) is 29.5 Å². The number of nitrogens with one attached hydrogen (secondary N) is 2. The number of amides is 1. The van der Waals surface area contributed by atoms with Gasteiger partial charge in [-0.15, -0.1) is 0 Å². The zero-order valence-corrected chi connectivity index (χ0v) is 17.5. The lowest BCUT2D eigenvalue weighted by molar-refractivity contribution is -0.137. The van der Waals surface area contributed by atoms with Gasteiger partial charge < -0.3 is 16.4 Å². The number of anilines is 2. The van der Waals surface area contributed by atoms with Gasteiger partial charge in [0.2, 0.25) is 5.91 Å². The maximum absolute atomic E-state index is 12.7. The smallest absolute Gasteiger partial charge is 0.360 e. The fourth-order valence-corrected chi connectivity index (χ4v) is 4.38. The topological polar surface area (TPSA) is 104 Å². The highest BCUT2D eigenvalue weighted by molar-refractivity contribution is 7.19. The highest BCUT2D eigenvalue weighted by Gasteiger charge is 2.30. The Morgan fingerprint density at radius 3 is 2.69 bits per heavy atom. The van der Waals surface area contributed by atoms with Crippen molar-refractivity contribution in [3.05, 3.63) is 64.8 Å². The van der Waals surface area contributed by atoms with Crippen LogP contribution in [0.3, 0.4) is 0 Å². The minimum absolute atomic E-state index is 0.0636. The molecule has 1 aromatic heterocycles. The Hall–Kier alpha value is -3.42. The average Bonchev–Trinajstić information content (AvgIpc) is 3.33. The number of alkyl halides is 3. The lowest BCUT2D eigenvalue weighted by Crippen LogP contribution is -2.31. The fourth-order valence-electron chi connectivity index (χ4n) is 3.46. The predicted octanol–water partition coefficient (Wildman–Crippen LogP) is 4.18. The number of nitrogens with zero attached hydrogens (tertiary/aromatic N) is 2. The minimum atomic E-state index is -4.37. The Morgan fingerprint density at radius 1 is 1.25 bits per heavy atom. The monoisotopic (exact) mass is 457 g/mol. The minimum Gasteiger partial charge on any atom is -0.360 e. The van der Waals surface area contributed by atoms with Crippen molar-refractivity contribution in [1.29, 1.82) is 5.26 Å². The highest BCUT2D eigenvalue weighted by atomic mass is 32.1. The van der Waals surface area contributed by atoms with Crippen molar-refractivity contribution >= 4 is 28.1 Å². The highest BCUT2D eigenvalue weighted by Crippen LogP contribution is 2.36. The van der Waals surface area contributed by atoms with Gasteiger partial charge in [-0.25, -0.2) is 4.98 Å². The predicted molar refractivity (Wildman–Crippen MR) is 116 cm³/mol. The maximum Gasteiger partial charge on any atom is 0.416 e. The number of carbonyl (C=O) groups is 1. The molecule has 1 aliphatic heterocycles. The van der Waals surface area contributed by atoms with Crippen molar-refractivity contribution in [3.8, 4) is 16.5 Å². The Morgan fingerprint density at radius 2 is 2.00 bits per heavy atom. The number of thiazole rings is 1. The molecule has 164 valence electrons. The standard InChI is InChI=1S/C22H18F3N5OS/c23-22(24,25)15-4-1-12(2-5-15)7-16(27)11-28-21-30-18(10-26)20(32-21)13-3-6-17-14(8-13)9-19(31)29-17/h1-6,8,16H,7,9,11,27H2,(H,28,30)(H,29,31). The second kappa shape index (κ2) is 8.61. The van der Waals surface area contributed by atoms with E-state index >= 15 is 0 Å². The number of benzene rings is 2. The van der Waals surface area contributed by atoms with Crippen LogP contribution in [0.15, 0.2) is 42.5 Å². The maximum atomic E-state index is 12.7. The van der Waals surface area contributed by atoms with Gasteiger partial charge in [0, 0.05) is 18.3 Å². The van der Waals surface area contributed by atoms with Crippen molar-refractivity contribution in [2.75, 3.05) is 17.2 Å². The van der Waals surface area contributed by atoms with Crippen LogP contribution in [-0.4, -0.2) is 23.5 Å². The van der Waals surface area contributed by atoms with E-state index < -0.39 is 11.7 Å². The molecule has 0 aliphatic carbocycles. The van der Waals surface area contributed by atoms with Crippen molar-refractivity contribution in [2.45, 2.75) is 25.1 Å². The molecule has 0 fully saturated rings. The Kier molecular flexibility index (Phi) is 5.86. The van der Waals surface area contributed by atoms with Gasteiger partial charge in [0.15, 0.2) is 10.8 Å². The Labute approximate surface area is 185 Å². The molecule has 4 rings (SSSR count). The van der Waals surface area contributed by atoms with Gasteiger partial charge in [0.25, 0.3) is 0 Å². The van der Waals surface area contributed by atoms with Crippen LogP contribution in [0.4, 0.5) is 24.0 Å². The van der Waals surface area contributed by atoms with E-state index in [2.05, 4.69) is 21.7 Å². The van der Waals surface area contributed by atoms with E-state index in [9.17, 15) is 23.2 Å².